The van der Waals surface area contributed by atoms with Crippen molar-refractivity contribution in [2.24, 2.45) is 5.92 Å². The van der Waals surface area contributed by atoms with Gasteiger partial charge in [-0.3, -0.25) is 0 Å². The van der Waals surface area contributed by atoms with Gasteiger partial charge in [-0.25, -0.2) is 0 Å². The third-order valence-electron chi connectivity index (χ3n) is 4.73. The summed E-state index contributed by atoms with van der Waals surface area (Å²) < 4.78 is 0. The van der Waals surface area contributed by atoms with Gasteiger partial charge in [0.05, 0.1) is 0 Å². The summed E-state index contributed by atoms with van der Waals surface area (Å²) in [4.78, 5) is 0. The van der Waals surface area contributed by atoms with Crippen molar-refractivity contribution < 1.29 is 0 Å². The molecule has 0 saturated heterocycles. The summed E-state index contributed by atoms with van der Waals surface area (Å²) in [5.74, 6) is 1.04. The van der Waals surface area contributed by atoms with Crippen LogP contribution in [0, 0.1) is 5.92 Å². The van der Waals surface area contributed by atoms with Crippen molar-refractivity contribution in [3.63, 3.8) is 0 Å². The van der Waals surface area contributed by atoms with Gasteiger partial charge in [-0.1, -0.05) is 19.8 Å². The first-order valence-electron chi connectivity index (χ1n) is 7.60. The largest absolute Gasteiger partial charge is 0.311 e. The van der Waals surface area contributed by atoms with Crippen molar-refractivity contribution in [3.8, 4) is 0 Å². The lowest BCUT2D eigenvalue weighted by Gasteiger charge is -2.31. The zero-order valence-electron chi connectivity index (χ0n) is 11.6. The minimum atomic E-state index is 0.833. The fraction of sp³-hybridized carbons (Fsp3) is 1.00. The van der Waals surface area contributed by atoms with Gasteiger partial charge in [-0.05, 0) is 57.1 Å². The van der Waals surface area contributed by atoms with E-state index in [9.17, 15) is 0 Å². The molecule has 0 radical (unpaired) electrons. The smallest absolute Gasteiger partial charge is 0.00805 e. The van der Waals surface area contributed by atoms with E-state index >= 15 is 0 Å². The molecule has 0 aromatic heterocycles. The number of rotatable bonds is 5. The Labute approximate surface area is 112 Å². The molecule has 2 saturated carbocycles. The highest BCUT2D eigenvalue weighted by Gasteiger charge is 2.27. The second-order valence-corrected chi connectivity index (χ2v) is 7.18. The molecule has 2 aliphatic carbocycles. The summed E-state index contributed by atoms with van der Waals surface area (Å²) in [5.41, 5.74) is 0. The van der Waals surface area contributed by atoms with Crippen LogP contribution in [0.15, 0.2) is 0 Å². The van der Waals surface area contributed by atoms with E-state index in [0.29, 0.717) is 0 Å². The Balaban J connectivity index is 1.65. The first kappa shape index (κ1) is 13.7. The van der Waals surface area contributed by atoms with Crippen molar-refractivity contribution in [1.82, 2.24) is 5.32 Å². The van der Waals surface area contributed by atoms with Gasteiger partial charge in [-0.15, -0.1) is 0 Å². The van der Waals surface area contributed by atoms with Crippen LogP contribution in [0.3, 0.4) is 0 Å². The van der Waals surface area contributed by atoms with Gasteiger partial charge in [0.2, 0.25) is 0 Å². The van der Waals surface area contributed by atoms with Crippen LogP contribution in [-0.2, 0) is 0 Å². The molecule has 2 atom stereocenters. The lowest BCUT2D eigenvalue weighted by Crippen LogP contribution is -2.39. The van der Waals surface area contributed by atoms with Crippen molar-refractivity contribution in [2.75, 3.05) is 6.26 Å². The SMILES string of the molecule is CCCC1CCC(NC2CCC(SC)C2)CC1. The van der Waals surface area contributed by atoms with Gasteiger partial charge in [0, 0.05) is 17.3 Å². The van der Waals surface area contributed by atoms with Crippen LogP contribution in [0.2, 0.25) is 0 Å². The van der Waals surface area contributed by atoms with Gasteiger partial charge in [0.25, 0.3) is 0 Å². The molecule has 100 valence electrons. The summed E-state index contributed by atoms with van der Waals surface area (Å²) in [7, 11) is 0. The van der Waals surface area contributed by atoms with Gasteiger partial charge in [0.15, 0.2) is 0 Å². The minimum absolute atomic E-state index is 0.833. The lowest BCUT2D eigenvalue weighted by molar-refractivity contribution is 0.263. The van der Waals surface area contributed by atoms with Crippen LogP contribution in [0.1, 0.15) is 64.7 Å². The Kier molecular flexibility index (Phi) is 5.68. The molecule has 2 aliphatic rings. The quantitative estimate of drug-likeness (QED) is 0.789. The highest BCUT2D eigenvalue weighted by atomic mass is 32.2. The molecule has 0 aromatic rings. The van der Waals surface area contributed by atoms with Crippen LogP contribution in [0.5, 0.6) is 0 Å². The van der Waals surface area contributed by atoms with E-state index in [-0.39, 0.29) is 0 Å². The molecule has 0 amide bonds. The highest BCUT2D eigenvalue weighted by Crippen LogP contribution is 2.31. The molecule has 1 nitrogen and oxygen atoms in total. The lowest BCUT2D eigenvalue weighted by atomic mass is 9.83. The first-order chi connectivity index (χ1) is 8.31. The molecule has 0 spiro atoms. The maximum Gasteiger partial charge on any atom is 0.00805 e. The Bertz CT molecular complexity index is 211. The van der Waals surface area contributed by atoms with Crippen molar-refractivity contribution in [2.45, 2.75) is 82.0 Å². The van der Waals surface area contributed by atoms with E-state index in [1.807, 2.05) is 0 Å². The Morgan fingerprint density at radius 3 is 2.29 bits per heavy atom. The van der Waals surface area contributed by atoms with Crippen LogP contribution < -0.4 is 5.32 Å². The van der Waals surface area contributed by atoms with Gasteiger partial charge < -0.3 is 5.32 Å². The summed E-state index contributed by atoms with van der Waals surface area (Å²) >= 11 is 2.07. The maximum atomic E-state index is 3.93. The molecule has 17 heavy (non-hydrogen) atoms. The molecule has 2 fully saturated rings. The van der Waals surface area contributed by atoms with Crippen LogP contribution in [0.25, 0.3) is 0 Å². The second-order valence-electron chi connectivity index (χ2n) is 6.04. The topological polar surface area (TPSA) is 12.0 Å². The molecule has 2 unspecified atom stereocenters. The Morgan fingerprint density at radius 2 is 1.71 bits per heavy atom. The predicted octanol–water partition coefficient (Wildman–Crippen LogP) is 4.22. The molecule has 1 N–H and O–H groups in total. The molecule has 0 aliphatic heterocycles. The third kappa shape index (κ3) is 4.17. The third-order valence-corrected chi connectivity index (χ3v) is 5.83. The number of thioether (sulfide) groups is 1. The zero-order chi connectivity index (χ0) is 12.1. The summed E-state index contributed by atoms with van der Waals surface area (Å²) in [6, 6.07) is 1.67. The summed E-state index contributed by atoms with van der Waals surface area (Å²) in [6.07, 6.45) is 15.2. The zero-order valence-corrected chi connectivity index (χ0v) is 12.4. The van der Waals surface area contributed by atoms with Crippen LogP contribution in [-0.4, -0.2) is 23.6 Å². The fourth-order valence-electron chi connectivity index (χ4n) is 3.66. The monoisotopic (exact) mass is 255 g/mol. The molecule has 2 rings (SSSR count). The molecular formula is C15H29NS. The van der Waals surface area contributed by atoms with Crippen molar-refractivity contribution >= 4 is 11.8 Å². The van der Waals surface area contributed by atoms with Crippen LogP contribution in [0.4, 0.5) is 0 Å². The second kappa shape index (κ2) is 7.04. The van der Waals surface area contributed by atoms with Crippen molar-refractivity contribution in [1.29, 1.82) is 0 Å². The standard InChI is InChI=1S/C15H29NS/c1-3-4-12-5-7-13(8-6-12)16-14-9-10-15(11-14)17-2/h12-16H,3-11H2,1-2H3. The van der Waals surface area contributed by atoms with E-state index in [1.165, 1.54) is 57.8 Å². The number of nitrogens with one attached hydrogen (secondary N) is 1. The predicted molar refractivity (Wildman–Crippen MR) is 78.7 cm³/mol. The van der Waals surface area contributed by atoms with E-state index in [2.05, 4.69) is 30.3 Å². The molecule has 2 heteroatoms. The van der Waals surface area contributed by atoms with Gasteiger partial charge in [0.1, 0.15) is 0 Å². The van der Waals surface area contributed by atoms with Crippen LogP contribution >= 0.6 is 11.8 Å². The summed E-state index contributed by atoms with van der Waals surface area (Å²) in [6.45, 7) is 2.32. The average Bonchev–Trinajstić information content (AvgIpc) is 2.80. The van der Waals surface area contributed by atoms with E-state index in [0.717, 1.165) is 23.3 Å². The average molecular weight is 255 g/mol. The molecule has 0 heterocycles. The van der Waals surface area contributed by atoms with E-state index in [4.69, 9.17) is 0 Å². The molecule has 0 bridgehead atoms. The first-order valence-corrected chi connectivity index (χ1v) is 8.89. The van der Waals surface area contributed by atoms with Crippen molar-refractivity contribution in [3.05, 3.63) is 0 Å². The Morgan fingerprint density at radius 1 is 1.00 bits per heavy atom. The number of hydrogen-bond acceptors (Lipinski definition) is 2. The Hall–Kier alpha value is 0.310. The fourth-order valence-corrected chi connectivity index (χ4v) is 4.46. The molecular weight excluding hydrogens is 226 g/mol. The van der Waals surface area contributed by atoms with E-state index in [1.54, 1.807) is 0 Å². The van der Waals surface area contributed by atoms with Gasteiger partial charge in [-0.2, -0.15) is 11.8 Å². The molecule has 0 aromatic carbocycles. The highest BCUT2D eigenvalue weighted by molar-refractivity contribution is 7.99. The normalized spacial score (nSPS) is 38.5. The summed E-state index contributed by atoms with van der Waals surface area (Å²) in [5, 5.41) is 4.87. The number of hydrogen-bond donors (Lipinski definition) is 1. The minimum Gasteiger partial charge on any atom is -0.311 e. The maximum absolute atomic E-state index is 3.93. The van der Waals surface area contributed by atoms with Gasteiger partial charge >= 0.3 is 0 Å². The van der Waals surface area contributed by atoms with E-state index < -0.39 is 0 Å².